The maximum atomic E-state index is 11.4. The lowest BCUT2D eigenvalue weighted by Crippen LogP contribution is -2.50. The summed E-state index contributed by atoms with van der Waals surface area (Å²) in [6.07, 6.45) is 2.27. The Morgan fingerprint density at radius 3 is 2.73 bits per heavy atom. The van der Waals surface area contributed by atoms with Crippen molar-refractivity contribution in [1.29, 1.82) is 0 Å². The van der Waals surface area contributed by atoms with E-state index >= 15 is 0 Å². The number of carbonyl (C=O) groups is 1. The number of rotatable bonds is 2. The Bertz CT molecular complexity index is 347. The van der Waals surface area contributed by atoms with E-state index in [1.165, 1.54) is 5.56 Å². The lowest BCUT2D eigenvalue weighted by atomic mass is 9.84. The Hall–Kier alpha value is -1.15. The zero-order valence-corrected chi connectivity index (χ0v) is 9.12. The van der Waals surface area contributed by atoms with Crippen LogP contribution in [0.2, 0.25) is 0 Å². The van der Waals surface area contributed by atoms with Crippen molar-refractivity contribution in [3.05, 3.63) is 35.9 Å². The molecule has 0 amide bonds. The highest BCUT2D eigenvalue weighted by molar-refractivity contribution is 5.80. The van der Waals surface area contributed by atoms with Crippen LogP contribution in [0.15, 0.2) is 30.3 Å². The van der Waals surface area contributed by atoms with Gasteiger partial charge in [0.05, 0.1) is 0 Å². The lowest BCUT2D eigenvalue weighted by Gasteiger charge is -2.34. The zero-order valence-electron chi connectivity index (χ0n) is 9.12. The molecular weight excluding hydrogens is 186 g/mol. The Morgan fingerprint density at radius 2 is 2.07 bits per heavy atom. The van der Waals surface area contributed by atoms with Gasteiger partial charge in [0.25, 0.3) is 0 Å². The lowest BCUT2D eigenvalue weighted by molar-refractivity contribution is -0.121. The van der Waals surface area contributed by atoms with Crippen LogP contribution >= 0.6 is 0 Å². The van der Waals surface area contributed by atoms with Gasteiger partial charge in [-0.15, -0.1) is 0 Å². The number of hydrogen-bond donors (Lipinski definition) is 1. The summed E-state index contributed by atoms with van der Waals surface area (Å²) in [5.41, 5.74) is 1.25. The third kappa shape index (κ3) is 2.66. The predicted molar refractivity (Wildman–Crippen MR) is 60.8 cm³/mol. The van der Waals surface area contributed by atoms with Gasteiger partial charge in [-0.1, -0.05) is 30.3 Å². The van der Waals surface area contributed by atoms with E-state index in [0.29, 0.717) is 18.6 Å². The van der Waals surface area contributed by atoms with Crippen molar-refractivity contribution >= 4 is 5.78 Å². The molecule has 0 spiro atoms. The first-order valence-electron chi connectivity index (χ1n) is 5.49. The highest BCUT2D eigenvalue weighted by atomic mass is 16.1. The molecule has 1 aromatic carbocycles. The van der Waals surface area contributed by atoms with Gasteiger partial charge in [-0.25, -0.2) is 0 Å². The summed E-state index contributed by atoms with van der Waals surface area (Å²) in [7, 11) is 0. The molecule has 1 unspecified atom stereocenters. The fourth-order valence-electron chi connectivity index (χ4n) is 2.26. The summed E-state index contributed by atoms with van der Waals surface area (Å²) in [6.45, 7) is 2.96. The van der Waals surface area contributed by atoms with Gasteiger partial charge in [-0.05, 0) is 18.9 Å². The molecule has 1 aromatic rings. The van der Waals surface area contributed by atoms with Gasteiger partial charge in [0.15, 0.2) is 0 Å². The van der Waals surface area contributed by atoms with Crippen molar-refractivity contribution in [2.24, 2.45) is 0 Å². The van der Waals surface area contributed by atoms with Gasteiger partial charge < -0.3 is 5.32 Å². The SMILES string of the molecule is CC1(Cc2ccccc2)CC(=O)CCN1. The first-order chi connectivity index (χ1) is 7.18. The second-order valence-electron chi connectivity index (χ2n) is 4.62. The monoisotopic (exact) mass is 203 g/mol. The molecule has 1 aliphatic rings. The number of nitrogens with one attached hydrogen (secondary N) is 1. The van der Waals surface area contributed by atoms with E-state index in [1.807, 2.05) is 18.2 Å². The number of Topliss-reactive ketones (excluding diaryl/α,β-unsaturated/α-hetero) is 1. The Labute approximate surface area is 90.7 Å². The fourth-order valence-corrected chi connectivity index (χ4v) is 2.26. The van der Waals surface area contributed by atoms with Crippen molar-refractivity contribution in [2.45, 2.75) is 31.7 Å². The van der Waals surface area contributed by atoms with Crippen molar-refractivity contribution in [2.75, 3.05) is 6.54 Å². The minimum Gasteiger partial charge on any atom is -0.310 e. The number of piperidine rings is 1. The third-order valence-electron chi connectivity index (χ3n) is 2.98. The quantitative estimate of drug-likeness (QED) is 0.796. The summed E-state index contributed by atoms with van der Waals surface area (Å²) in [5, 5.41) is 3.45. The van der Waals surface area contributed by atoms with E-state index < -0.39 is 0 Å². The van der Waals surface area contributed by atoms with Crippen LogP contribution in [0, 0.1) is 0 Å². The van der Waals surface area contributed by atoms with Gasteiger partial charge in [0, 0.05) is 24.9 Å². The van der Waals surface area contributed by atoms with E-state index in [-0.39, 0.29) is 5.54 Å². The Morgan fingerprint density at radius 1 is 1.33 bits per heavy atom. The van der Waals surface area contributed by atoms with Crippen LogP contribution in [0.25, 0.3) is 0 Å². The molecule has 2 rings (SSSR count). The van der Waals surface area contributed by atoms with Crippen molar-refractivity contribution in [3.8, 4) is 0 Å². The van der Waals surface area contributed by atoms with Gasteiger partial charge in [0.1, 0.15) is 5.78 Å². The summed E-state index contributed by atoms with van der Waals surface area (Å²) in [5.74, 6) is 0.382. The second-order valence-corrected chi connectivity index (χ2v) is 4.62. The highest BCUT2D eigenvalue weighted by Gasteiger charge is 2.30. The molecule has 1 N–H and O–H groups in total. The van der Waals surface area contributed by atoms with Crippen LogP contribution in [0.1, 0.15) is 25.3 Å². The predicted octanol–water partition coefficient (Wildman–Crippen LogP) is 1.94. The largest absolute Gasteiger partial charge is 0.310 e. The molecule has 80 valence electrons. The number of ketones is 1. The van der Waals surface area contributed by atoms with Gasteiger partial charge >= 0.3 is 0 Å². The standard InChI is InChI=1S/C13H17NO/c1-13(10-12(15)7-8-14-13)9-11-5-3-2-4-6-11/h2-6,14H,7-10H2,1H3. The molecule has 1 heterocycles. The summed E-state index contributed by atoms with van der Waals surface area (Å²) in [6, 6.07) is 10.3. The molecule has 0 saturated carbocycles. The van der Waals surface area contributed by atoms with E-state index in [4.69, 9.17) is 0 Å². The molecule has 0 radical (unpaired) electrons. The van der Waals surface area contributed by atoms with Gasteiger partial charge in [-0.3, -0.25) is 4.79 Å². The maximum Gasteiger partial charge on any atom is 0.136 e. The number of hydrogen-bond acceptors (Lipinski definition) is 2. The first-order valence-corrected chi connectivity index (χ1v) is 5.49. The number of benzene rings is 1. The average molecular weight is 203 g/mol. The topological polar surface area (TPSA) is 29.1 Å². The van der Waals surface area contributed by atoms with Crippen molar-refractivity contribution < 1.29 is 4.79 Å². The van der Waals surface area contributed by atoms with Crippen LogP contribution in [-0.2, 0) is 11.2 Å². The highest BCUT2D eigenvalue weighted by Crippen LogP contribution is 2.21. The van der Waals surface area contributed by atoms with E-state index in [9.17, 15) is 4.79 Å². The van der Waals surface area contributed by atoms with Gasteiger partial charge in [-0.2, -0.15) is 0 Å². The summed E-state index contributed by atoms with van der Waals surface area (Å²) < 4.78 is 0. The molecule has 0 aliphatic carbocycles. The van der Waals surface area contributed by atoms with Crippen LogP contribution in [0.5, 0.6) is 0 Å². The Kier molecular flexibility index (Phi) is 2.87. The normalized spacial score (nSPS) is 26.6. The van der Waals surface area contributed by atoms with Crippen LogP contribution in [-0.4, -0.2) is 17.9 Å². The van der Waals surface area contributed by atoms with Gasteiger partial charge in [0.2, 0.25) is 0 Å². The second kappa shape index (κ2) is 4.15. The molecule has 2 nitrogen and oxygen atoms in total. The zero-order chi connectivity index (χ0) is 10.7. The number of carbonyl (C=O) groups excluding carboxylic acids is 1. The maximum absolute atomic E-state index is 11.4. The molecule has 1 atom stereocenters. The summed E-state index contributed by atoms with van der Waals surface area (Å²) >= 11 is 0. The molecule has 0 aromatic heterocycles. The molecule has 1 fully saturated rings. The molecular formula is C13H17NO. The molecule has 1 aliphatic heterocycles. The average Bonchev–Trinajstić information content (AvgIpc) is 2.18. The molecule has 15 heavy (non-hydrogen) atoms. The summed E-state index contributed by atoms with van der Waals surface area (Å²) in [4.78, 5) is 11.4. The fraction of sp³-hybridized carbons (Fsp3) is 0.462. The Balaban J connectivity index is 2.07. The minimum atomic E-state index is -0.0450. The molecule has 2 heteroatoms. The van der Waals surface area contributed by atoms with E-state index in [2.05, 4.69) is 24.4 Å². The van der Waals surface area contributed by atoms with Crippen molar-refractivity contribution in [3.63, 3.8) is 0 Å². The smallest absolute Gasteiger partial charge is 0.136 e. The van der Waals surface area contributed by atoms with Crippen LogP contribution < -0.4 is 5.32 Å². The van der Waals surface area contributed by atoms with Crippen molar-refractivity contribution in [1.82, 2.24) is 5.32 Å². The van der Waals surface area contributed by atoms with Crippen LogP contribution in [0.3, 0.4) is 0 Å². The first kappa shape index (κ1) is 10.4. The molecule has 0 bridgehead atoms. The van der Waals surface area contributed by atoms with E-state index in [0.717, 1.165) is 13.0 Å². The third-order valence-corrected chi connectivity index (χ3v) is 2.98. The van der Waals surface area contributed by atoms with E-state index in [1.54, 1.807) is 0 Å². The molecule has 1 saturated heterocycles. The van der Waals surface area contributed by atoms with Crippen LogP contribution in [0.4, 0.5) is 0 Å². The minimum absolute atomic E-state index is 0.0450.